The van der Waals surface area contributed by atoms with Crippen LogP contribution in [0.25, 0.3) is 0 Å². The Morgan fingerprint density at radius 2 is 1.45 bits per heavy atom. The van der Waals surface area contributed by atoms with Crippen LogP contribution in [0.2, 0.25) is 0 Å². The normalized spacial score (nSPS) is 7.18. The number of allylic oxidation sites excluding steroid dienone is 2. The number of hydrogen-bond donors (Lipinski definition) is 0. The monoisotopic (exact) mass is 151 g/mol. The van der Waals surface area contributed by atoms with Crippen LogP contribution >= 0.6 is 0 Å². The standard InChI is InChI=1S/C8H13N.C2H4/c1-6(2)8(9-5)7(3)4;1-2/h1,5H2,2-4H3;1-2H2. The van der Waals surface area contributed by atoms with Gasteiger partial charge >= 0.3 is 0 Å². The summed E-state index contributed by atoms with van der Waals surface area (Å²) in [5.74, 6) is 0. The smallest absolute Gasteiger partial charge is 0.0632 e. The second-order valence-electron chi connectivity index (χ2n) is 2.29. The zero-order chi connectivity index (χ0) is 9.44. The van der Waals surface area contributed by atoms with Gasteiger partial charge < -0.3 is 0 Å². The summed E-state index contributed by atoms with van der Waals surface area (Å²) in [6.07, 6.45) is 0. The number of hydrogen-bond acceptors (Lipinski definition) is 1. The molecule has 0 amide bonds. The molecule has 0 fully saturated rings. The van der Waals surface area contributed by atoms with Gasteiger partial charge in [0.2, 0.25) is 0 Å². The number of rotatable bonds is 2. The van der Waals surface area contributed by atoms with E-state index in [1.54, 1.807) is 0 Å². The molecule has 0 saturated heterocycles. The van der Waals surface area contributed by atoms with Crippen molar-refractivity contribution in [1.82, 2.24) is 0 Å². The Kier molecular flexibility index (Phi) is 7.99. The van der Waals surface area contributed by atoms with Crippen LogP contribution in [0.4, 0.5) is 0 Å². The second-order valence-corrected chi connectivity index (χ2v) is 2.29. The van der Waals surface area contributed by atoms with E-state index in [-0.39, 0.29) is 0 Å². The highest BCUT2D eigenvalue weighted by molar-refractivity contribution is 5.38. The van der Waals surface area contributed by atoms with Gasteiger partial charge in [-0.3, -0.25) is 4.99 Å². The van der Waals surface area contributed by atoms with Gasteiger partial charge in [-0.05, 0) is 33.1 Å². The van der Waals surface area contributed by atoms with Crippen molar-refractivity contribution in [2.75, 3.05) is 0 Å². The van der Waals surface area contributed by atoms with E-state index in [9.17, 15) is 0 Å². The first kappa shape index (κ1) is 12.6. The second kappa shape index (κ2) is 7.00. The van der Waals surface area contributed by atoms with Crippen molar-refractivity contribution in [1.29, 1.82) is 0 Å². The Morgan fingerprint density at radius 1 is 1.09 bits per heavy atom. The van der Waals surface area contributed by atoms with Gasteiger partial charge in [0.1, 0.15) is 0 Å². The van der Waals surface area contributed by atoms with Crippen LogP contribution in [-0.4, -0.2) is 6.72 Å². The molecule has 0 bridgehead atoms. The predicted octanol–water partition coefficient (Wildman–Crippen LogP) is 3.36. The molecule has 11 heavy (non-hydrogen) atoms. The van der Waals surface area contributed by atoms with Crippen LogP contribution in [0.1, 0.15) is 20.8 Å². The van der Waals surface area contributed by atoms with E-state index in [0.717, 1.165) is 16.8 Å². The molecule has 0 saturated carbocycles. The molecule has 0 aromatic carbocycles. The Balaban J connectivity index is 0. The maximum atomic E-state index is 3.82. The third-order valence-corrected chi connectivity index (χ3v) is 1.04. The summed E-state index contributed by atoms with van der Waals surface area (Å²) in [7, 11) is 0. The van der Waals surface area contributed by atoms with Gasteiger partial charge in [-0.2, -0.15) is 0 Å². The quantitative estimate of drug-likeness (QED) is 0.326. The SMILES string of the molecule is C=C.C=NC(C(=C)C)=C(C)C. The minimum Gasteiger partial charge on any atom is -0.264 e. The van der Waals surface area contributed by atoms with E-state index < -0.39 is 0 Å². The Bertz CT molecular complexity index is 171. The van der Waals surface area contributed by atoms with Gasteiger partial charge in [0.15, 0.2) is 0 Å². The molecular formula is C10H17N. The molecular weight excluding hydrogens is 134 g/mol. The highest BCUT2D eigenvalue weighted by atomic mass is 14.7. The van der Waals surface area contributed by atoms with Gasteiger partial charge in [-0.25, -0.2) is 0 Å². The van der Waals surface area contributed by atoms with Crippen LogP contribution < -0.4 is 0 Å². The van der Waals surface area contributed by atoms with Gasteiger partial charge in [0, 0.05) is 0 Å². The summed E-state index contributed by atoms with van der Waals surface area (Å²) >= 11 is 0. The highest BCUT2D eigenvalue weighted by Crippen LogP contribution is 2.11. The van der Waals surface area contributed by atoms with Crippen LogP contribution in [0.15, 0.2) is 41.6 Å². The highest BCUT2D eigenvalue weighted by Gasteiger charge is 1.93. The predicted molar refractivity (Wildman–Crippen MR) is 54.0 cm³/mol. The van der Waals surface area contributed by atoms with E-state index in [4.69, 9.17) is 0 Å². The van der Waals surface area contributed by atoms with Crippen molar-refractivity contribution in [2.24, 2.45) is 4.99 Å². The average molecular weight is 151 g/mol. The largest absolute Gasteiger partial charge is 0.264 e. The van der Waals surface area contributed by atoms with E-state index >= 15 is 0 Å². The lowest BCUT2D eigenvalue weighted by atomic mass is 10.2. The maximum Gasteiger partial charge on any atom is 0.0632 e. The van der Waals surface area contributed by atoms with Crippen molar-refractivity contribution < 1.29 is 0 Å². The minimum atomic E-state index is 0.926. The van der Waals surface area contributed by atoms with Crippen molar-refractivity contribution in [3.05, 3.63) is 36.6 Å². The molecule has 0 aliphatic heterocycles. The van der Waals surface area contributed by atoms with Gasteiger partial charge in [0.05, 0.1) is 5.70 Å². The molecule has 0 aromatic heterocycles. The van der Waals surface area contributed by atoms with Crippen molar-refractivity contribution >= 4 is 6.72 Å². The number of nitrogens with zero attached hydrogens (tertiary/aromatic N) is 1. The topological polar surface area (TPSA) is 12.4 Å². The molecule has 1 heteroatoms. The summed E-state index contributed by atoms with van der Waals surface area (Å²) in [6, 6.07) is 0. The molecule has 1 nitrogen and oxygen atoms in total. The van der Waals surface area contributed by atoms with Gasteiger partial charge in [-0.1, -0.05) is 12.2 Å². The first-order chi connectivity index (χ1) is 5.09. The Labute approximate surface area is 69.9 Å². The molecule has 0 spiro atoms. The lowest BCUT2D eigenvalue weighted by Gasteiger charge is -1.99. The first-order valence-electron chi connectivity index (χ1n) is 3.39. The van der Waals surface area contributed by atoms with Crippen molar-refractivity contribution in [3.8, 4) is 0 Å². The van der Waals surface area contributed by atoms with E-state index in [2.05, 4.69) is 31.4 Å². The minimum absolute atomic E-state index is 0.926. The van der Waals surface area contributed by atoms with E-state index in [1.165, 1.54) is 0 Å². The molecule has 62 valence electrons. The summed E-state index contributed by atoms with van der Waals surface area (Å²) in [6.45, 7) is 19.1. The molecule has 0 radical (unpaired) electrons. The van der Waals surface area contributed by atoms with Crippen molar-refractivity contribution in [2.45, 2.75) is 20.8 Å². The average Bonchev–Trinajstić information content (AvgIpc) is 1.91. The molecule has 0 atom stereocenters. The molecule has 0 aliphatic rings. The van der Waals surface area contributed by atoms with Crippen LogP contribution in [-0.2, 0) is 0 Å². The maximum absolute atomic E-state index is 3.82. The van der Waals surface area contributed by atoms with Crippen molar-refractivity contribution in [3.63, 3.8) is 0 Å². The van der Waals surface area contributed by atoms with E-state index in [1.807, 2.05) is 20.8 Å². The van der Waals surface area contributed by atoms with Gasteiger partial charge in [-0.15, -0.1) is 13.2 Å². The number of aliphatic imine (C=N–C) groups is 1. The van der Waals surface area contributed by atoms with E-state index in [0.29, 0.717) is 0 Å². The fourth-order valence-electron chi connectivity index (χ4n) is 0.720. The summed E-state index contributed by atoms with van der Waals surface area (Å²) in [5, 5.41) is 0. The molecule has 0 aliphatic carbocycles. The summed E-state index contributed by atoms with van der Waals surface area (Å²) < 4.78 is 0. The molecule has 0 unspecified atom stereocenters. The Hall–Kier alpha value is -1.11. The molecule has 0 heterocycles. The fourth-order valence-corrected chi connectivity index (χ4v) is 0.720. The zero-order valence-corrected chi connectivity index (χ0v) is 7.78. The first-order valence-corrected chi connectivity index (χ1v) is 3.39. The summed E-state index contributed by atoms with van der Waals surface area (Å²) in [4.78, 5) is 3.82. The third-order valence-electron chi connectivity index (χ3n) is 1.04. The van der Waals surface area contributed by atoms with Crippen LogP contribution in [0.5, 0.6) is 0 Å². The van der Waals surface area contributed by atoms with Crippen LogP contribution in [0, 0.1) is 0 Å². The fraction of sp³-hybridized carbons (Fsp3) is 0.300. The lowest BCUT2D eigenvalue weighted by Crippen LogP contribution is -1.81. The van der Waals surface area contributed by atoms with Crippen LogP contribution in [0.3, 0.4) is 0 Å². The van der Waals surface area contributed by atoms with Gasteiger partial charge in [0.25, 0.3) is 0 Å². The molecule has 0 rings (SSSR count). The summed E-state index contributed by atoms with van der Waals surface area (Å²) in [5.41, 5.74) is 3.07. The zero-order valence-electron chi connectivity index (χ0n) is 7.78. The third kappa shape index (κ3) is 5.34. The lowest BCUT2D eigenvalue weighted by molar-refractivity contribution is 1.20. The molecule has 0 N–H and O–H groups in total. The molecule has 0 aromatic rings. The Morgan fingerprint density at radius 3 is 1.45 bits per heavy atom.